The molecule has 0 heterocycles. The Labute approximate surface area is 74.8 Å². The van der Waals surface area contributed by atoms with E-state index < -0.39 is 0 Å². The SMILES string of the molecule is C=C=C.F.F.F.F.F.F.P.[Fe]. The Bertz CT molecular complexity index is 38.8. The minimum atomic E-state index is 0. The molecule has 1 atom stereocenters. The van der Waals surface area contributed by atoms with Crippen LogP contribution < -0.4 is 0 Å². The Morgan fingerprint density at radius 1 is 0.636 bits per heavy atom. The first-order chi connectivity index (χ1) is 1.41. The van der Waals surface area contributed by atoms with E-state index in [9.17, 15) is 0 Å². The smallest absolute Gasteiger partial charge is 0 e. The van der Waals surface area contributed by atoms with Gasteiger partial charge in [-0.2, -0.15) is 9.90 Å². The zero-order chi connectivity index (χ0) is 2.71. The fourth-order valence-corrected chi connectivity index (χ4v) is 0. The molecule has 0 amide bonds. The van der Waals surface area contributed by atoms with Gasteiger partial charge >= 0.3 is 0 Å². The molecule has 0 spiro atoms. The van der Waals surface area contributed by atoms with E-state index in [4.69, 9.17) is 0 Å². The number of halogens is 6. The number of rotatable bonds is 0. The van der Waals surface area contributed by atoms with Gasteiger partial charge in [-0.05, 0) is 0 Å². The first-order valence-electron chi connectivity index (χ1n) is 0.707. The molecule has 80 valence electrons. The summed E-state index contributed by atoms with van der Waals surface area (Å²) in [5, 5.41) is 0. The van der Waals surface area contributed by atoms with Crippen LogP contribution in [0.1, 0.15) is 0 Å². The predicted octanol–water partition coefficient (Wildman–Crippen LogP) is 1.93. The van der Waals surface area contributed by atoms with E-state index >= 15 is 0 Å². The van der Waals surface area contributed by atoms with Crippen LogP contribution in [0.3, 0.4) is 0 Å². The molecule has 0 nitrogen and oxygen atoms in total. The first kappa shape index (κ1) is 266. The van der Waals surface area contributed by atoms with Crippen LogP contribution in [0.4, 0.5) is 28.2 Å². The Hall–Kier alpha value is 0.0495. The van der Waals surface area contributed by atoms with Gasteiger partial charge in [-0.3, -0.25) is 28.2 Å². The molecular formula is C3H13F6FeP. The number of hydrogen-bond acceptors (Lipinski definition) is 0. The van der Waals surface area contributed by atoms with Gasteiger partial charge in [0.1, 0.15) is 0 Å². The molecule has 0 fully saturated rings. The van der Waals surface area contributed by atoms with E-state index in [0.29, 0.717) is 0 Å². The Balaban J connectivity index is -0.000000000714. The molecule has 1 unspecified atom stereocenters. The van der Waals surface area contributed by atoms with Crippen LogP contribution in [0.25, 0.3) is 0 Å². The summed E-state index contributed by atoms with van der Waals surface area (Å²) in [6.45, 7) is 6.25. The largest absolute Gasteiger partial charge is 0.269 e. The van der Waals surface area contributed by atoms with Crippen molar-refractivity contribution in [2.45, 2.75) is 0 Å². The molecule has 0 saturated heterocycles. The molecule has 11 heavy (non-hydrogen) atoms. The van der Waals surface area contributed by atoms with Crippen molar-refractivity contribution < 1.29 is 45.3 Å². The van der Waals surface area contributed by atoms with Crippen LogP contribution in [0, 0.1) is 0 Å². The van der Waals surface area contributed by atoms with Crippen LogP contribution in [0.5, 0.6) is 0 Å². The zero-order valence-electron chi connectivity index (χ0n) is 5.42. The summed E-state index contributed by atoms with van der Waals surface area (Å²) in [6, 6.07) is 0. The van der Waals surface area contributed by atoms with Crippen LogP contribution in [0.15, 0.2) is 18.9 Å². The minimum Gasteiger partial charge on any atom is -0.269 e. The van der Waals surface area contributed by atoms with Gasteiger partial charge in [-0.1, -0.05) is 13.2 Å². The minimum absolute atomic E-state index is 0. The third-order valence-electron chi connectivity index (χ3n) is 0. The molecule has 0 rings (SSSR count). The normalized spacial score (nSPS) is 0.727. The van der Waals surface area contributed by atoms with Crippen molar-refractivity contribution in [1.82, 2.24) is 0 Å². The van der Waals surface area contributed by atoms with E-state index in [2.05, 4.69) is 18.9 Å². The molecule has 0 saturated carbocycles. The molecule has 0 N–H and O–H groups in total. The quantitative estimate of drug-likeness (QED) is 0.266. The molecule has 0 aliphatic rings. The molecule has 8 heteroatoms. The topological polar surface area (TPSA) is 0 Å². The van der Waals surface area contributed by atoms with E-state index in [-0.39, 0.29) is 55.2 Å². The third kappa shape index (κ3) is 266000. The first-order valence-corrected chi connectivity index (χ1v) is 0.707. The molecule has 0 aromatic rings. The van der Waals surface area contributed by atoms with Crippen LogP contribution in [0.2, 0.25) is 0 Å². The molecule has 0 aromatic heterocycles. The van der Waals surface area contributed by atoms with Gasteiger partial charge in [0.2, 0.25) is 0 Å². The van der Waals surface area contributed by atoms with Gasteiger partial charge in [0.15, 0.2) is 0 Å². The molecule has 0 aliphatic heterocycles. The van der Waals surface area contributed by atoms with Crippen LogP contribution in [-0.2, 0) is 17.1 Å². The predicted molar refractivity (Wildman–Crippen MR) is 40.9 cm³/mol. The average Bonchev–Trinajstić information content (AvgIpc) is 0.918. The van der Waals surface area contributed by atoms with Gasteiger partial charge < -0.3 is 0 Å². The van der Waals surface area contributed by atoms with Crippen LogP contribution in [-0.4, -0.2) is 0 Å². The second-order valence-electron chi connectivity index (χ2n) is 0.250. The summed E-state index contributed by atoms with van der Waals surface area (Å²) in [7, 11) is 0. The fourth-order valence-electron chi connectivity index (χ4n) is 0. The Morgan fingerprint density at radius 3 is 0.636 bits per heavy atom. The van der Waals surface area contributed by atoms with E-state index in [1.807, 2.05) is 0 Å². The van der Waals surface area contributed by atoms with Crippen LogP contribution >= 0.6 is 9.90 Å². The monoisotopic (exact) mass is 250 g/mol. The maximum absolute atomic E-state index is 3.12. The van der Waals surface area contributed by atoms with E-state index in [0.717, 1.165) is 0 Å². The van der Waals surface area contributed by atoms with E-state index in [1.165, 1.54) is 0 Å². The van der Waals surface area contributed by atoms with Gasteiger partial charge in [-0.15, -0.1) is 5.73 Å². The number of hydrogen-bond donors (Lipinski definition) is 0. The van der Waals surface area contributed by atoms with Crippen molar-refractivity contribution in [2.75, 3.05) is 0 Å². The second kappa shape index (κ2) is 747. The van der Waals surface area contributed by atoms with Crippen molar-refractivity contribution in [2.24, 2.45) is 0 Å². The third-order valence-corrected chi connectivity index (χ3v) is 0. The van der Waals surface area contributed by atoms with Crippen molar-refractivity contribution in [3.8, 4) is 0 Å². The summed E-state index contributed by atoms with van der Waals surface area (Å²) < 4.78 is 0. The van der Waals surface area contributed by atoms with Crippen molar-refractivity contribution in [3.63, 3.8) is 0 Å². The Morgan fingerprint density at radius 2 is 0.636 bits per heavy atom. The van der Waals surface area contributed by atoms with Gasteiger partial charge in [0, 0.05) is 17.1 Å². The van der Waals surface area contributed by atoms with Gasteiger partial charge in [0.05, 0.1) is 0 Å². The summed E-state index contributed by atoms with van der Waals surface area (Å²) in [5.41, 5.74) is 2.25. The average molecular weight is 250 g/mol. The van der Waals surface area contributed by atoms with Gasteiger partial charge in [0.25, 0.3) is 0 Å². The second-order valence-corrected chi connectivity index (χ2v) is 0.250. The van der Waals surface area contributed by atoms with E-state index in [1.54, 1.807) is 0 Å². The summed E-state index contributed by atoms with van der Waals surface area (Å²) >= 11 is 0. The zero-order valence-corrected chi connectivity index (χ0v) is 7.94. The van der Waals surface area contributed by atoms with Crippen molar-refractivity contribution in [3.05, 3.63) is 18.9 Å². The maximum Gasteiger partial charge on any atom is 0 e. The summed E-state index contributed by atoms with van der Waals surface area (Å²) in [5.74, 6) is 0. The summed E-state index contributed by atoms with van der Waals surface area (Å²) in [6.07, 6.45) is 0. The maximum atomic E-state index is 3.12. The molecule has 0 bridgehead atoms. The molecular weight excluding hydrogens is 237 g/mol. The van der Waals surface area contributed by atoms with Crippen molar-refractivity contribution in [1.29, 1.82) is 0 Å². The molecule has 0 aliphatic carbocycles. The Kier molecular flexibility index (Phi) is 18000. The van der Waals surface area contributed by atoms with Gasteiger partial charge in [-0.25, -0.2) is 0 Å². The molecule has 0 aromatic carbocycles. The fraction of sp³-hybridized carbons (Fsp3) is 0. The van der Waals surface area contributed by atoms with Crippen molar-refractivity contribution >= 4 is 9.90 Å². The molecule has 0 radical (unpaired) electrons. The standard InChI is InChI=1S/C3H4.6FH.Fe.H3P/c1-3-2;;;;;;;;/h1-2H2;6*1H;;1H3. The summed E-state index contributed by atoms with van der Waals surface area (Å²) in [4.78, 5) is 0.